The smallest absolute Gasteiger partial charge is 0.316 e. The summed E-state index contributed by atoms with van der Waals surface area (Å²) in [6.07, 6.45) is 6.53. The number of hydrogen-bond acceptors (Lipinski definition) is 3. The molecule has 15 heavy (non-hydrogen) atoms. The fourth-order valence-corrected chi connectivity index (χ4v) is 2.70. The molecule has 0 aromatic rings. The fraction of sp³-hybridized carbons (Fsp3) is 0.667. The monoisotopic (exact) mass is 208 g/mol. The number of ketones is 1. The maximum atomic E-state index is 11.7. The quantitative estimate of drug-likeness (QED) is 0.394. The van der Waals surface area contributed by atoms with E-state index in [-0.39, 0.29) is 17.7 Å². The van der Waals surface area contributed by atoms with Crippen molar-refractivity contribution in [2.75, 3.05) is 6.61 Å². The largest absolute Gasteiger partial charge is 0.465 e. The van der Waals surface area contributed by atoms with E-state index in [2.05, 4.69) is 12.2 Å². The van der Waals surface area contributed by atoms with Crippen molar-refractivity contribution >= 4 is 11.8 Å². The number of carbonyl (C=O) groups is 2. The predicted molar refractivity (Wildman–Crippen MR) is 55.1 cm³/mol. The minimum atomic E-state index is -0.486. The van der Waals surface area contributed by atoms with E-state index >= 15 is 0 Å². The summed E-state index contributed by atoms with van der Waals surface area (Å²) in [4.78, 5) is 23.4. The van der Waals surface area contributed by atoms with Crippen LogP contribution in [-0.2, 0) is 14.3 Å². The number of Topliss-reactive ketones (excluding diaryl/α,β-unsaturated/α-hetero) is 1. The normalized spacial score (nSPS) is 33.9. The summed E-state index contributed by atoms with van der Waals surface area (Å²) in [6, 6.07) is 0. The molecule has 3 nitrogen and oxygen atoms in total. The van der Waals surface area contributed by atoms with E-state index < -0.39 is 5.92 Å². The van der Waals surface area contributed by atoms with Crippen LogP contribution in [0.2, 0.25) is 0 Å². The molecule has 0 N–H and O–H groups in total. The van der Waals surface area contributed by atoms with E-state index in [1.807, 2.05) is 0 Å². The first-order valence-electron chi connectivity index (χ1n) is 5.58. The highest BCUT2D eigenvalue weighted by Gasteiger charge is 2.46. The fourth-order valence-electron chi connectivity index (χ4n) is 2.70. The highest BCUT2D eigenvalue weighted by Crippen LogP contribution is 2.42. The highest BCUT2D eigenvalue weighted by atomic mass is 16.5. The summed E-state index contributed by atoms with van der Waals surface area (Å²) in [5, 5.41) is 0. The van der Waals surface area contributed by atoms with Crippen LogP contribution in [0.1, 0.15) is 26.2 Å². The molecule has 0 aromatic carbocycles. The van der Waals surface area contributed by atoms with Crippen molar-refractivity contribution in [3.8, 4) is 0 Å². The lowest BCUT2D eigenvalue weighted by Crippen LogP contribution is -2.28. The van der Waals surface area contributed by atoms with Crippen molar-refractivity contribution in [2.45, 2.75) is 26.2 Å². The van der Waals surface area contributed by atoms with Gasteiger partial charge < -0.3 is 4.74 Å². The van der Waals surface area contributed by atoms with Gasteiger partial charge in [0.15, 0.2) is 0 Å². The van der Waals surface area contributed by atoms with E-state index in [0.717, 1.165) is 12.8 Å². The van der Waals surface area contributed by atoms with Crippen molar-refractivity contribution in [3.63, 3.8) is 0 Å². The minimum absolute atomic E-state index is 0.0761. The van der Waals surface area contributed by atoms with E-state index in [9.17, 15) is 9.59 Å². The predicted octanol–water partition coefficient (Wildman–Crippen LogP) is 1.72. The molecule has 0 aliphatic heterocycles. The first-order valence-corrected chi connectivity index (χ1v) is 5.58. The molecule has 2 aliphatic rings. The summed E-state index contributed by atoms with van der Waals surface area (Å²) in [6.45, 7) is 2.13. The van der Waals surface area contributed by atoms with Gasteiger partial charge in [0.25, 0.3) is 0 Å². The van der Waals surface area contributed by atoms with E-state index in [4.69, 9.17) is 4.74 Å². The molecule has 0 bridgehead atoms. The molecule has 82 valence electrons. The number of allylic oxidation sites excluding steroid dienone is 2. The molecule has 0 radical (unpaired) electrons. The van der Waals surface area contributed by atoms with Gasteiger partial charge in [-0.15, -0.1) is 0 Å². The van der Waals surface area contributed by atoms with Gasteiger partial charge >= 0.3 is 5.97 Å². The summed E-state index contributed by atoms with van der Waals surface area (Å²) in [5.74, 6) is -0.157. The van der Waals surface area contributed by atoms with Gasteiger partial charge in [-0.1, -0.05) is 12.2 Å². The zero-order valence-corrected chi connectivity index (χ0v) is 8.94. The third-order valence-corrected chi connectivity index (χ3v) is 3.40. The van der Waals surface area contributed by atoms with E-state index in [1.54, 1.807) is 6.92 Å². The zero-order valence-electron chi connectivity index (χ0n) is 8.94. The first kappa shape index (κ1) is 10.4. The van der Waals surface area contributed by atoms with Crippen LogP contribution in [0.15, 0.2) is 12.2 Å². The molecule has 0 aromatic heterocycles. The third-order valence-electron chi connectivity index (χ3n) is 3.40. The number of esters is 1. The number of rotatable bonds is 2. The molecule has 2 aliphatic carbocycles. The molecule has 3 unspecified atom stereocenters. The zero-order chi connectivity index (χ0) is 10.8. The van der Waals surface area contributed by atoms with Gasteiger partial charge in [0.2, 0.25) is 0 Å². The molecule has 0 spiro atoms. The number of hydrogen-bond donors (Lipinski definition) is 0. The number of carbonyl (C=O) groups excluding carboxylic acids is 2. The highest BCUT2D eigenvalue weighted by molar-refractivity contribution is 6.01. The minimum Gasteiger partial charge on any atom is -0.465 e. The molecule has 0 saturated heterocycles. The maximum absolute atomic E-state index is 11.7. The second-order valence-electron chi connectivity index (χ2n) is 4.27. The van der Waals surface area contributed by atoms with Crippen molar-refractivity contribution in [1.29, 1.82) is 0 Å². The van der Waals surface area contributed by atoms with Crippen LogP contribution in [-0.4, -0.2) is 18.4 Å². The van der Waals surface area contributed by atoms with Crippen LogP contribution in [0.5, 0.6) is 0 Å². The van der Waals surface area contributed by atoms with Crippen LogP contribution in [0.25, 0.3) is 0 Å². The number of ether oxygens (including phenoxy) is 1. The van der Waals surface area contributed by atoms with Crippen molar-refractivity contribution in [3.05, 3.63) is 12.2 Å². The first-order chi connectivity index (χ1) is 7.24. The Morgan fingerprint density at radius 1 is 1.47 bits per heavy atom. The Labute approximate surface area is 89.5 Å². The van der Waals surface area contributed by atoms with Crippen LogP contribution in [0.3, 0.4) is 0 Å². The van der Waals surface area contributed by atoms with E-state index in [1.165, 1.54) is 0 Å². The van der Waals surface area contributed by atoms with Gasteiger partial charge in [-0.25, -0.2) is 0 Å². The lowest BCUT2D eigenvalue weighted by Gasteiger charge is -2.23. The molecular formula is C12H16O3. The van der Waals surface area contributed by atoms with Gasteiger partial charge in [-0.3, -0.25) is 9.59 Å². The Balaban J connectivity index is 2.13. The van der Waals surface area contributed by atoms with Crippen LogP contribution in [0, 0.1) is 17.8 Å². The maximum Gasteiger partial charge on any atom is 0.316 e. The van der Waals surface area contributed by atoms with Gasteiger partial charge in [0.05, 0.1) is 6.61 Å². The SMILES string of the molecule is CCOC(=O)C1C(=O)CC2CC=CCC21. The summed E-state index contributed by atoms with van der Waals surface area (Å²) < 4.78 is 4.96. The molecule has 3 heteroatoms. The van der Waals surface area contributed by atoms with Crippen molar-refractivity contribution in [1.82, 2.24) is 0 Å². The van der Waals surface area contributed by atoms with Gasteiger partial charge in [-0.05, 0) is 31.6 Å². The second-order valence-corrected chi connectivity index (χ2v) is 4.27. The van der Waals surface area contributed by atoms with Crippen molar-refractivity contribution < 1.29 is 14.3 Å². The average Bonchev–Trinajstić information content (AvgIpc) is 2.54. The van der Waals surface area contributed by atoms with Crippen LogP contribution >= 0.6 is 0 Å². The van der Waals surface area contributed by atoms with Gasteiger partial charge in [-0.2, -0.15) is 0 Å². The topological polar surface area (TPSA) is 43.4 Å². The molecule has 1 saturated carbocycles. The Morgan fingerprint density at radius 2 is 2.20 bits per heavy atom. The number of fused-ring (bicyclic) bond motifs is 1. The Morgan fingerprint density at radius 3 is 2.93 bits per heavy atom. The summed E-state index contributed by atoms with van der Waals surface area (Å²) >= 11 is 0. The summed E-state index contributed by atoms with van der Waals surface area (Å²) in [5.41, 5.74) is 0. The molecule has 0 heterocycles. The van der Waals surface area contributed by atoms with E-state index in [0.29, 0.717) is 18.9 Å². The molecular weight excluding hydrogens is 192 g/mol. The Kier molecular flexibility index (Phi) is 2.89. The lowest BCUT2D eigenvalue weighted by molar-refractivity contribution is -0.152. The Bertz CT molecular complexity index is 306. The third kappa shape index (κ3) is 1.83. The second kappa shape index (κ2) is 4.17. The molecule has 3 atom stereocenters. The Hall–Kier alpha value is -1.12. The lowest BCUT2D eigenvalue weighted by atomic mass is 9.81. The molecule has 0 amide bonds. The van der Waals surface area contributed by atoms with Crippen LogP contribution < -0.4 is 0 Å². The van der Waals surface area contributed by atoms with Crippen molar-refractivity contribution in [2.24, 2.45) is 17.8 Å². The van der Waals surface area contributed by atoms with Gasteiger partial charge in [0, 0.05) is 6.42 Å². The summed E-state index contributed by atoms with van der Waals surface area (Å²) in [7, 11) is 0. The average molecular weight is 208 g/mol. The van der Waals surface area contributed by atoms with Crippen LogP contribution in [0.4, 0.5) is 0 Å². The molecule has 1 fully saturated rings. The van der Waals surface area contributed by atoms with Gasteiger partial charge in [0.1, 0.15) is 11.7 Å². The standard InChI is InChI=1S/C12H16O3/c1-2-15-12(14)11-9-6-4-3-5-8(9)7-10(11)13/h3-4,8-9,11H,2,5-7H2,1H3. The molecule has 2 rings (SSSR count).